The van der Waals surface area contributed by atoms with Gasteiger partial charge in [0.2, 0.25) is 0 Å². The largest absolute Gasteiger partial charge is 0.497 e. The Morgan fingerprint density at radius 1 is 1.31 bits per heavy atom. The Labute approximate surface area is 173 Å². The minimum absolute atomic E-state index is 0.0828. The number of sulfone groups is 1. The zero-order chi connectivity index (χ0) is 20.7. The Balaban J connectivity index is 1.74. The molecule has 0 bridgehead atoms. The number of ether oxygens (including phenoxy) is 2. The summed E-state index contributed by atoms with van der Waals surface area (Å²) in [6.07, 6.45) is 0.623. The highest BCUT2D eigenvalue weighted by molar-refractivity contribution is 7.91. The van der Waals surface area contributed by atoms with Crippen LogP contribution >= 0.6 is 0 Å². The summed E-state index contributed by atoms with van der Waals surface area (Å²) in [6.45, 7) is 6.44. The van der Waals surface area contributed by atoms with E-state index in [2.05, 4.69) is 27.7 Å². The molecule has 3 rings (SSSR count). The molecule has 2 saturated heterocycles. The lowest BCUT2D eigenvalue weighted by Gasteiger charge is -2.34. The van der Waals surface area contributed by atoms with Gasteiger partial charge < -0.3 is 20.1 Å². The van der Waals surface area contributed by atoms with Crippen LogP contribution in [0.15, 0.2) is 29.3 Å². The van der Waals surface area contributed by atoms with Crippen LogP contribution < -0.4 is 15.4 Å². The first kappa shape index (κ1) is 21.9. The molecule has 2 N–H and O–H groups in total. The molecule has 0 aromatic heterocycles. The first-order valence-electron chi connectivity index (χ1n) is 10.2. The van der Waals surface area contributed by atoms with Gasteiger partial charge in [-0.15, -0.1) is 0 Å². The van der Waals surface area contributed by atoms with Crippen molar-refractivity contribution in [1.29, 1.82) is 0 Å². The third-order valence-corrected chi connectivity index (χ3v) is 7.09. The Morgan fingerprint density at radius 3 is 2.62 bits per heavy atom. The molecule has 29 heavy (non-hydrogen) atoms. The molecular formula is C20H32N4O4S. The molecule has 0 spiro atoms. The number of morpholine rings is 1. The second-order valence-corrected chi connectivity index (χ2v) is 9.63. The topological polar surface area (TPSA) is 92.3 Å². The smallest absolute Gasteiger partial charge is 0.191 e. The second kappa shape index (κ2) is 10.3. The summed E-state index contributed by atoms with van der Waals surface area (Å²) in [5.74, 6) is 1.91. The van der Waals surface area contributed by atoms with Crippen LogP contribution in [0.1, 0.15) is 24.9 Å². The number of aliphatic imine (C=N–C) groups is 1. The second-order valence-electron chi connectivity index (χ2n) is 7.40. The predicted octanol–water partition coefficient (Wildman–Crippen LogP) is 0.811. The fourth-order valence-corrected chi connectivity index (χ4v) is 5.42. The molecule has 2 fully saturated rings. The number of rotatable bonds is 7. The van der Waals surface area contributed by atoms with Crippen LogP contribution in [0.2, 0.25) is 0 Å². The van der Waals surface area contributed by atoms with Gasteiger partial charge in [-0.3, -0.25) is 9.89 Å². The summed E-state index contributed by atoms with van der Waals surface area (Å²) in [7, 11) is -1.27. The zero-order valence-corrected chi connectivity index (χ0v) is 18.1. The van der Waals surface area contributed by atoms with Crippen LogP contribution in [0.25, 0.3) is 0 Å². The summed E-state index contributed by atoms with van der Waals surface area (Å²) < 4.78 is 34.3. The predicted molar refractivity (Wildman–Crippen MR) is 114 cm³/mol. The SMILES string of the molecule is CCNC(=NCC(c1ccc(OC)cc1)N1CCOCC1)NC1CCS(=O)(=O)C1. The van der Waals surface area contributed by atoms with Crippen molar-refractivity contribution >= 4 is 15.8 Å². The Kier molecular flexibility index (Phi) is 7.74. The van der Waals surface area contributed by atoms with Crippen LogP contribution in [-0.4, -0.2) is 83.3 Å². The van der Waals surface area contributed by atoms with Gasteiger partial charge in [0.15, 0.2) is 15.8 Å². The van der Waals surface area contributed by atoms with Gasteiger partial charge in [0, 0.05) is 25.7 Å². The van der Waals surface area contributed by atoms with Crippen molar-refractivity contribution in [2.75, 3.05) is 58.0 Å². The summed E-state index contributed by atoms with van der Waals surface area (Å²) in [6, 6.07) is 8.14. The normalized spacial score (nSPS) is 23.5. The van der Waals surface area contributed by atoms with Crippen molar-refractivity contribution in [3.63, 3.8) is 0 Å². The molecule has 0 radical (unpaired) electrons. The number of hydrogen-bond donors (Lipinski definition) is 2. The summed E-state index contributed by atoms with van der Waals surface area (Å²) in [5.41, 5.74) is 1.18. The molecule has 8 nitrogen and oxygen atoms in total. The molecule has 1 aromatic carbocycles. The standard InChI is InChI=1S/C20H32N4O4S/c1-3-21-20(23-17-8-13-29(25,26)15-17)22-14-19(24-9-11-28-12-10-24)16-4-6-18(27-2)7-5-16/h4-7,17,19H,3,8-15H2,1-2H3,(H2,21,22,23). The van der Waals surface area contributed by atoms with Crippen LogP contribution in [0, 0.1) is 0 Å². The number of benzene rings is 1. The molecule has 0 amide bonds. The van der Waals surface area contributed by atoms with Crippen molar-refractivity contribution < 1.29 is 17.9 Å². The Bertz CT molecular complexity index is 776. The third-order valence-electron chi connectivity index (χ3n) is 5.33. The highest BCUT2D eigenvalue weighted by atomic mass is 32.2. The average molecular weight is 425 g/mol. The molecule has 2 heterocycles. The molecule has 162 valence electrons. The molecule has 2 atom stereocenters. The van der Waals surface area contributed by atoms with Crippen LogP contribution in [0.5, 0.6) is 5.75 Å². The van der Waals surface area contributed by atoms with E-state index >= 15 is 0 Å². The minimum Gasteiger partial charge on any atom is -0.497 e. The van der Waals surface area contributed by atoms with E-state index in [4.69, 9.17) is 14.5 Å². The van der Waals surface area contributed by atoms with E-state index in [1.807, 2.05) is 19.1 Å². The Morgan fingerprint density at radius 2 is 2.03 bits per heavy atom. The van der Waals surface area contributed by atoms with E-state index in [1.54, 1.807) is 7.11 Å². The van der Waals surface area contributed by atoms with E-state index in [9.17, 15) is 8.42 Å². The van der Waals surface area contributed by atoms with Gasteiger partial charge in [0.05, 0.1) is 44.4 Å². The number of nitrogens with one attached hydrogen (secondary N) is 2. The van der Waals surface area contributed by atoms with Gasteiger partial charge in [0.25, 0.3) is 0 Å². The summed E-state index contributed by atoms with van der Waals surface area (Å²) >= 11 is 0. The van der Waals surface area contributed by atoms with E-state index in [1.165, 1.54) is 5.56 Å². The maximum Gasteiger partial charge on any atom is 0.191 e. The van der Waals surface area contributed by atoms with E-state index in [0.717, 1.165) is 25.4 Å². The number of guanidine groups is 1. The van der Waals surface area contributed by atoms with Gasteiger partial charge in [-0.2, -0.15) is 0 Å². The highest BCUT2D eigenvalue weighted by Crippen LogP contribution is 2.24. The van der Waals surface area contributed by atoms with Crippen LogP contribution in [0.3, 0.4) is 0 Å². The lowest BCUT2D eigenvalue weighted by molar-refractivity contribution is 0.0179. The molecule has 1 aromatic rings. The first-order chi connectivity index (χ1) is 14.0. The van der Waals surface area contributed by atoms with Gasteiger partial charge in [0.1, 0.15) is 5.75 Å². The molecule has 2 unspecified atom stereocenters. The Hall–Kier alpha value is -1.84. The van der Waals surface area contributed by atoms with Crippen molar-refractivity contribution in [2.24, 2.45) is 4.99 Å². The number of hydrogen-bond acceptors (Lipinski definition) is 6. The molecule has 2 aliphatic heterocycles. The van der Waals surface area contributed by atoms with Crippen LogP contribution in [0.4, 0.5) is 0 Å². The fraction of sp³-hybridized carbons (Fsp3) is 0.650. The monoisotopic (exact) mass is 424 g/mol. The van der Waals surface area contributed by atoms with Crippen LogP contribution in [-0.2, 0) is 14.6 Å². The lowest BCUT2D eigenvalue weighted by atomic mass is 10.0. The molecule has 9 heteroatoms. The van der Waals surface area contributed by atoms with Crippen molar-refractivity contribution in [2.45, 2.75) is 25.4 Å². The van der Waals surface area contributed by atoms with E-state index < -0.39 is 9.84 Å². The van der Waals surface area contributed by atoms with Crippen molar-refractivity contribution in [1.82, 2.24) is 15.5 Å². The maximum atomic E-state index is 11.8. The lowest BCUT2D eigenvalue weighted by Crippen LogP contribution is -2.45. The average Bonchev–Trinajstić information content (AvgIpc) is 3.07. The van der Waals surface area contributed by atoms with E-state index in [-0.39, 0.29) is 23.6 Å². The summed E-state index contributed by atoms with van der Waals surface area (Å²) in [4.78, 5) is 7.19. The molecule has 0 saturated carbocycles. The third kappa shape index (κ3) is 6.32. The van der Waals surface area contributed by atoms with Gasteiger partial charge in [-0.05, 0) is 31.0 Å². The highest BCUT2D eigenvalue weighted by Gasteiger charge is 2.29. The molecule has 0 aliphatic carbocycles. The van der Waals surface area contributed by atoms with Crippen molar-refractivity contribution in [3.05, 3.63) is 29.8 Å². The zero-order valence-electron chi connectivity index (χ0n) is 17.3. The summed E-state index contributed by atoms with van der Waals surface area (Å²) in [5, 5.41) is 6.54. The number of nitrogens with zero attached hydrogens (tertiary/aromatic N) is 2. The first-order valence-corrected chi connectivity index (χ1v) is 12.0. The van der Waals surface area contributed by atoms with Crippen molar-refractivity contribution in [3.8, 4) is 5.75 Å². The van der Waals surface area contributed by atoms with Gasteiger partial charge in [-0.1, -0.05) is 12.1 Å². The van der Waals surface area contributed by atoms with E-state index in [0.29, 0.717) is 32.1 Å². The minimum atomic E-state index is -2.93. The van der Waals surface area contributed by atoms with Gasteiger partial charge in [-0.25, -0.2) is 8.42 Å². The maximum absolute atomic E-state index is 11.8. The molecular weight excluding hydrogens is 392 g/mol. The fourth-order valence-electron chi connectivity index (χ4n) is 3.75. The van der Waals surface area contributed by atoms with Gasteiger partial charge >= 0.3 is 0 Å². The number of methoxy groups -OCH3 is 1. The molecule has 2 aliphatic rings. The quantitative estimate of drug-likeness (QED) is 0.494.